The van der Waals surface area contributed by atoms with E-state index in [4.69, 9.17) is 4.74 Å². The molecule has 0 bridgehead atoms. The van der Waals surface area contributed by atoms with Gasteiger partial charge >= 0.3 is 5.69 Å². The Morgan fingerprint density at radius 2 is 1.76 bits per heavy atom. The van der Waals surface area contributed by atoms with Gasteiger partial charge in [0.2, 0.25) is 5.95 Å². The molecule has 5 rings (SSSR count). The van der Waals surface area contributed by atoms with Crippen LogP contribution >= 0.6 is 0 Å². The summed E-state index contributed by atoms with van der Waals surface area (Å²) in [4.78, 5) is 32.2. The first-order valence-corrected chi connectivity index (χ1v) is 11.1. The molecule has 0 spiro atoms. The number of hydrogen-bond donors (Lipinski definition) is 1. The van der Waals surface area contributed by atoms with Crippen molar-refractivity contribution in [3.8, 4) is 5.75 Å². The minimum absolute atomic E-state index is 0.0591. The third-order valence-corrected chi connectivity index (χ3v) is 6.27. The van der Waals surface area contributed by atoms with Crippen molar-refractivity contribution >= 4 is 27.9 Å². The standard InChI is InChI=1S/C24H27N5O4/c1-26-21-20(22(31)27(2)24(26)32)29(23(25-21)28-11-5-6-12-28)14-18(30)15-33-19-10-9-16-7-3-4-8-17(16)13-19/h3-4,7-10,13,18,30H,5-6,11-12,14-15H2,1-2H3/t18-/m1/s1. The first kappa shape index (κ1) is 21.3. The van der Waals surface area contributed by atoms with Gasteiger partial charge in [0, 0.05) is 27.2 Å². The number of aromatic nitrogens is 4. The molecular formula is C24H27N5O4. The Labute approximate surface area is 190 Å². The van der Waals surface area contributed by atoms with E-state index < -0.39 is 17.4 Å². The maximum Gasteiger partial charge on any atom is 0.332 e. The van der Waals surface area contributed by atoms with E-state index >= 15 is 0 Å². The molecule has 0 radical (unpaired) electrons. The number of aliphatic hydroxyl groups excluding tert-OH is 1. The van der Waals surface area contributed by atoms with Crippen LogP contribution < -0.4 is 20.9 Å². The quantitative estimate of drug-likeness (QED) is 0.481. The lowest BCUT2D eigenvalue weighted by atomic mass is 10.1. The molecule has 33 heavy (non-hydrogen) atoms. The predicted molar refractivity (Wildman–Crippen MR) is 127 cm³/mol. The second-order valence-electron chi connectivity index (χ2n) is 8.57. The maximum absolute atomic E-state index is 13.0. The Kier molecular flexibility index (Phi) is 5.41. The van der Waals surface area contributed by atoms with Crippen LogP contribution in [0.5, 0.6) is 5.75 Å². The summed E-state index contributed by atoms with van der Waals surface area (Å²) in [6, 6.07) is 13.8. The van der Waals surface area contributed by atoms with Gasteiger partial charge in [-0.05, 0) is 35.7 Å². The molecule has 9 nitrogen and oxygen atoms in total. The van der Waals surface area contributed by atoms with E-state index in [1.54, 1.807) is 11.6 Å². The Balaban J connectivity index is 1.45. The molecule has 1 fully saturated rings. The van der Waals surface area contributed by atoms with Gasteiger partial charge in [-0.3, -0.25) is 13.9 Å². The van der Waals surface area contributed by atoms with Crippen molar-refractivity contribution in [1.29, 1.82) is 0 Å². The Bertz CT molecular complexity index is 1450. The summed E-state index contributed by atoms with van der Waals surface area (Å²) < 4.78 is 10.1. The number of aliphatic hydroxyl groups is 1. The summed E-state index contributed by atoms with van der Waals surface area (Å²) >= 11 is 0. The third kappa shape index (κ3) is 3.78. The number of rotatable bonds is 6. The highest BCUT2D eigenvalue weighted by molar-refractivity contribution is 5.83. The number of benzene rings is 2. The fraction of sp³-hybridized carbons (Fsp3) is 0.375. The molecule has 172 valence electrons. The van der Waals surface area contributed by atoms with E-state index in [2.05, 4.69) is 9.88 Å². The van der Waals surface area contributed by atoms with Crippen LogP contribution in [0.3, 0.4) is 0 Å². The van der Waals surface area contributed by atoms with Crippen LogP contribution in [0.4, 0.5) is 5.95 Å². The van der Waals surface area contributed by atoms with E-state index in [1.165, 1.54) is 11.6 Å². The number of nitrogens with zero attached hydrogens (tertiary/aromatic N) is 5. The molecule has 1 saturated heterocycles. The summed E-state index contributed by atoms with van der Waals surface area (Å²) in [6.07, 6.45) is 1.19. The second-order valence-corrected chi connectivity index (χ2v) is 8.57. The van der Waals surface area contributed by atoms with Gasteiger partial charge in [-0.15, -0.1) is 0 Å². The smallest absolute Gasteiger partial charge is 0.332 e. The van der Waals surface area contributed by atoms with Gasteiger partial charge in [-0.2, -0.15) is 4.98 Å². The van der Waals surface area contributed by atoms with Gasteiger partial charge < -0.3 is 19.3 Å². The number of aryl methyl sites for hydroxylation is 1. The number of fused-ring (bicyclic) bond motifs is 2. The monoisotopic (exact) mass is 449 g/mol. The summed E-state index contributed by atoms with van der Waals surface area (Å²) in [5.41, 5.74) is -0.210. The van der Waals surface area contributed by atoms with E-state index in [-0.39, 0.29) is 13.2 Å². The molecular weight excluding hydrogens is 422 g/mol. The van der Waals surface area contributed by atoms with Crippen LogP contribution in [0.2, 0.25) is 0 Å². The van der Waals surface area contributed by atoms with Crippen molar-refractivity contribution < 1.29 is 9.84 Å². The zero-order valence-electron chi connectivity index (χ0n) is 18.8. The van der Waals surface area contributed by atoms with Crippen molar-refractivity contribution in [3.63, 3.8) is 0 Å². The molecule has 1 atom stereocenters. The molecule has 2 aromatic heterocycles. The lowest BCUT2D eigenvalue weighted by Gasteiger charge is -2.20. The number of hydrogen-bond acceptors (Lipinski definition) is 6. The van der Waals surface area contributed by atoms with Crippen LogP contribution in [0.25, 0.3) is 21.9 Å². The van der Waals surface area contributed by atoms with Crippen molar-refractivity contribution in [2.45, 2.75) is 25.5 Å². The average molecular weight is 450 g/mol. The zero-order valence-corrected chi connectivity index (χ0v) is 18.8. The van der Waals surface area contributed by atoms with Crippen LogP contribution in [-0.2, 0) is 20.6 Å². The Morgan fingerprint density at radius 1 is 1.03 bits per heavy atom. The molecule has 3 heterocycles. The van der Waals surface area contributed by atoms with Gasteiger partial charge in [0.25, 0.3) is 5.56 Å². The summed E-state index contributed by atoms with van der Waals surface area (Å²) in [6.45, 7) is 1.83. The van der Waals surface area contributed by atoms with E-state index in [9.17, 15) is 14.7 Å². The Morgan fingerprint density at radius 3 is 2.52 bits per heavy atom. The number of ether oxygens (including phenoxy) is 1. The number of anilines is 1. The van der Waals surface area contributed by atoms with Crippen LogP contribution in [-0.4, -0.2) is 49.6 Å². The van der Waals surface area contributed by atoms with Gasteiger partial charge in [0.1, 0.15) is 18.5 Å². The first-order valence-electron chi connectivity index (χ1n) is 11.1. The van der Waals surface area contributed by atoms with Crippen molar-refractivity contribution in [2.24, 2.45) is 14.1 Å². The summed E-state index contributed by atoms with van der Waals surface area (Å²) in [5, 5.41) is 13.0. The van der Waals surface area contributed by atoms with Gasteiger partial charge in [-0.25, -0.2) is 4.79 Å². The normalized spacial score (nSPS) is 14.9. The highest BCUT2D eigenvalue weighted by Crippen LogP contribution is 2.24. The maximum atomic E-state index is 13.0. The van der Waals surface area contributed by atoms with E-state index in [1.807, 2.05) is 42.5 Å². The Hall–Kier alpha value is -3.59. The highest BCUT2D eigenvalue weighted by Gasteiger charge is 2.25. The molecule has 4 aromatic rings. The van der Waals surface area contributed by atoms with Gasteiger partial charge in [-0.1, -0.05) is 30.3 Å². The molecule has 0 unspecified atom stereocenters. The highest BCUT2D eigenvalue weighted by atomic mass is 16.5. The topological polar surface area (TPSA) is 94.5 Å². The molecule has 0 saturated carbocycles. The summed E-state index contributed by atoms with van der Waals surface area (Å²) in [5.74, 6) is 1.27. The SMILES string of the molecule is Cn1c(=O)c2c(nc(N3CCCC3)n2C[C@@H](O)COc2ccc3ccccc3c2)n(C)c1=O. The van der Waals surface area contributed by atoms with Gasteiger partial charge in [0.15, 0.2) is 11.2 Å². The van der Waals surface area contributed by atoms with Crippen LogP contribution in [0.1, 0.15) is 12.8 Å². The third-order valence-electron chi connectivity index (χ3n) is 6.27. The number of imidazole rings is 1. The van der Waals surface area contributed by atoms with Crippen LogP contribution in [0.15, 0.2) is 52.1 Å². The summed E-state index contributed by atoms with van der Waals surface area (Å²) in [7, 11) is 3.06. The molecule has 1 aliphatic rings. The van der Waals surface area contributed by atoms with Crippen LogP contribution in [0, 0.1) is 0 Å². The van der Waals surface area contributed by atoms with Gasteiger partial charge in [0.05, 0.1) is 6.54 Å². The zero-order chi connectivity index (χ0) is 23.1. The predicted octanol–water partition coefficient (Wildman–Crippen LogP) is 1.63. The van der Waals surface area contributed by atoms with Crippen molar-refractivity contribution in [1.82, 2.24) is 18.7 Å². The largest absolute Gasteiger partial charge is 0.491 e. The van der Waals surface area contributed by atoms with E-state index in [0.29, 0.717) is 22.9 Å². The molecule has 0 aliphatic carbocycles. The minimum Gasteiger partial charge on any atom is -0.491 e. The lowest BCUT2D eigenvalue weighted by molar-refractivity contribution is 0.0937. The molecule has 2 aromatic carbocycles. The first-order chi connectivity index (χ1) is 15.9. The van der Waals surface area contributed by atoms with E-state index in [0.717, 1.165) is 41.3 Å². The molecule has 1 N–H and O–H groups in total. The molecule has 1 aliphatic heterocycles. The fourth-order valence-corrected chi connectivity index (χ4v) is 4.48. The molecule has 0 amide bonds. The lowest BCUT2D eigenvalue weighted by Crippen LogP contribution is -2.38. The molecule has 9 heteroatoms. The second kappa shape index (κ2) is 8.40. The van der Waals surface area contributed by atoms with Crippen molar-refractivity contribution in [3.05, 3.63) is 63.3 Å². The minimum atomic E-state index is -0.878. The average Bonchev–Trinajstić information content (AvgIpc) is 3.48. The van der Waals surface area contributed by atoms with Crippen molar-refractivity contribution in [2.75, 3.05) is 24.6 Å². The fourth-order valence-electron chi connectivity index (χ4n) is 4.48.